The van der Waals surface area contributed by atoms with Gasteiger partial charge in [0.05, 0.1) is 12.2 Å². The first-order chi connectivity index (χ1) is 12.2. The molecular formula is C23H20O2. The average Bonchev–Trinajstić information content (AvgIpc) is 3.00. The van der Waals surface area contributed by atoms with Crippen LogP contribution in [-0.4, -0.2) is 12.2 Å². The van der Waals surface area contributed by atoms with Crippen LogP contribution in [0.1, 0.15) is 25.7 Å². The van der Waals surface area contributed by atoms with E-state index >= 15 is 0 Å². The summed E-state index contributed by atoms with van der Waals surface area (Å²) < 4.78 is 12.0. The minimum atomic E-state index is -0.278. The van der Waals surface area contributed by atoms with Gasteiger partial charge in [0.15, 0.2) is 6.29 Å². The van der Waals surface area contributed by atoms with Crippen molar-refractivity contribution in [1.29, 1.82) is 0 Å². The van der Waals surface area contributed by atoms with E-state index in [0.29, 0.717) is 0 Å². The van der Waals surface area contributed by atoms with Crippen LogP contribution < -0.4 is 0 Å². The van der Waals surface area contributed by atoms with Crippen LogP contribution in [0.5, 0.6) is 0 Å². The second-order valence-electron chi connectivity index (χ2n) is 6.91. The molecule has 5 rings (SSSR count). The second-order valence-corrected chi connectivity index (χ2v) is 6.91. The predicted octanol–water partition coefficient (Wildman–Crippen LogP) is 5.97. The molecular weight excluding hydrogens is 308 g/mol. The summed E-state index contributed by atoms with van der Waals surface area (Å²) in [4.78, 5) is 0. The minimum Gasteiger partial charge on any atom is -0.343 e. The standard InChI is InChI=1S/C23H20O2/c1-14-15(2)25-23(24-14)16-11-12-21-19-9-4-3-7-17(19)18-8-5-6-10-20(18)22(21)13-16/h3-15,23H,1-2H3/t14-,15-/m0/s1. The van der Waals surface area contributed by atoms with Crippen molar-refractivity contribution in [3.8, 4) is 0 Å². The highest BCUT2D eigenvalue weighted by atomic mass is 16.7. The Morgan fingerprint density at radius 1 is 0.560 bits per heavy atom. The zero-order chi connectivity index (χ0) is 17.0. The molecule has 4 aromatic carbocycles. The van der Waals surface area contributed by atoms with Crippen molar-refractivity contribution < 1.29 is 9.47 Å². The Hall–Kier alpha value is -2.42. The van der Waals surface area contributed by atoms with E-state index in [2.05, 4.69) is 80.6 Å². The summed E-state index contributed by atoms with van der Waals surface area (Å²) in [6.45, 7) is 4.13. The molecule has 124 valence electrons. The Morgan fingerprint density at radius 2 is 1.00 bits per heavy atom. The third-order valence-electron chi connectivity index (χ3n) is 5.38. The van der Waals surface area contributed by atoms with Crippen molar-refractivity contribution in [2.24, 2.45) is 0 Å². The highest BCUT2D eigenvalue weighted by molar-refractivity contribution is 6.25. The van der Waals surface area contributed by atoms with Gasteiger partial charge in [0, 0.05) is 5.56 Å². The van der Waals surface area contributed by atoms with Crippen molar-refractivity contribution in [3.05, 3.63) is 72.3 Å². The number of rotatable bonds is 1. The lowest BCUT2D eigenvalue weighted by atomic mass is 9.93. The topological polar surface area (TPSA) is 18.5 Å². The molecule has 2 heteroatoms. The third kappa shape index (κ3) is 2.25. The summed E-state index contributed by atoms with van der Waals surface area (Å²) in [6.07, 6.45) is -0.0391. The fourth-order valence-corrected chi connectivity index (χ4v) is 3.87. The van der Waals surface area contributed by atoms with Crippen molar-refractivity contribution in [1.82, 2.24) is 0 Å². The van der Waals surface area contributed by atoms with Gasteiger partial charge in [-0.2, -0.15) is 0 Å². The van der Waals surface area contributed by atoms with Gasteiger partial charge < -0.3 is 9.47 Å². The summed E-state index contributed by atoms with van der Waals surface area (Å²) >= 11 is 0. The summed E-state index contributed by atoms with van der Waals surface area (Å²) in [5.74, 6) is 0. The molecule has 0 N–H and O–H groups in total. The van der Waals surface area contributed by atoms with E-state index < -0.39 is 0 Å². The van der Waals surface area contributed by atoms with E-state index in [0.717, 1.165) is 5.56 Å². The molecule has 0 unspecified atom stereocenters. The van der Waals surface area contributed by atoms with Crippen LogP contribution in [0.2, 0.25) is 0 Å². The maximum atomic E-state index is 5.99. The van der Waals surface area contributed by atoms with E-state index in [-0.39, 0.29) is 18.5 Å². The Balaban J connectivity index is 1.82. The third-order valence-corrected chi connectivity index (χ3v) is 5.38. The first-order valence-electron chi connectivity index (χ1n) is 8.86. The maximum absolute atomic E-state index is 5.99. The smallest absolute Gasteiger partial charge is 0.184 e. The van der Waals surface area contributed by atoms with Crippen LogP contribution >= 0.6 is 0 Å². The van der Waals surface area contributed by atoms with Crippen LogP contribution in [0, 0.1) is 0 Å². The molecule has 0 spiro atoms. The van der Waals surface area contributed by atoms with Crippen molar-refractivity contribution in [2.75, 3.05) is 0 Å². The van der Waals surface area contributed by atoms with Crippen LogP contribution in [0.15, 0.2) is 66.7 Å². The molecule has 1 aliphatic heterocycles. The Labute approximate surface area is 147 Å². The highest BCUT2D eigenvalue weighted by Gasteiger charge is 2.30. The van der Waals surface area contributed by atoms with Gasteiger partial charge in [0.1, 0.15) is 0 Å². The molecule has 1 heterocycles. The lowest BCUT2D eigenvalue weighted by Crippen LogP contribution is -2.13. The second kappa shape index (κ2) is 5.55. The lowest BCUT2D eigenvalue weighted by molar-refractivity contribution is -0.0651. The van der Waals surface area contributed by atoms with E-state index in [9.17, 15) is 0 Å². The number of hydrogen-bond donors (Lipinski definition) is 0. The molecule has 1 aliphatic rings. The van der Waals surface area contributed by atoms with E-state index in [4.69, 9.17) is 9.47 Å². The number of hydrogen-bond acceptors (Lipinski definition) is 2. The van der Waals surface area contributed by atoms with Crippen molar-refractivity contribution in [3.63, 3.8) is 0 Å². The zero-order valence-electron chi connectivity index (χ0n) is 14.4. The highest BCUT2D eigenvalue weighted by Crippen LogP contribution is 2.38. The van der Waals surface area contributed by atoms with Crippen molar-refractivity contribution in [2.45, 2.75) is 32.3 Å². The molecule has 4 aromatic rings. The molecule has 1 saturated heterocycles. The molecule has 0 bridgehead atoms. The molecule has 0 aromatic heterocycles. The van der Waals surface area contributed by atoms with Gasteiger partial charge in [-0.15, -0.1) is 0 Å². The van der Waals surface area contributed by atoms with Crippen molar-refractivity contribution >= 4 is 32.3 Å². The maximum Gasteiger partial charge on any atom is 0.184 e. The number of fused-ring (bicyclic) bond motifs is 6. The van der Waals surface area contributed by atoms with Gasteiger partial charge in [-0.25, -0.2) is 0 Å². The van der Waals surface area contributed by atoms with Gasteiger partial charge in [-0.1, -0.05) is 60.7 Å². The van der Waals surface area contributed by atoms with Crippen LogP contribution in [0.4, 0.5) is 0 Å². The molecule has 0 aliphatic carbocycles. The average molecular weight is 328 g/mol. The van der Waals surface area contributed by atoms with Crippen LogP contribution in [0.25, 0.3) is 32.3 Å². The van der Waals surface area contributed by atoms with Crippen LogP contribution in [-0.2, 0) is 9.47 Å². The predicted molar refractivity (Wildman–Crippen MR) is 103 cm³/mol. The molecule has 2 nitrogen and oxygen atoms in total. The van der Waals surface area contributed by atoms with E-state index in [1.54, 1.807) is 0 Å². The molecule has 0 radical (unpaired) electrons. The van der Waals surface area contributed by atoms with E-state index in [1.165, 1.54) is 32.3 Å². The zero-order valence-corrected chi connectivity index (χ0v) is 14.4. The lowest BCUT2D eigenvalue weighted by Gasteiger charge is -2.14. The molecule has 1 fully saturated rings. The Kier molecular flexibility index (Phi) is 3.30. The normalized spacial score (nSPS) is 21.5. The fourth-order valence-electron chi connectivity index (χ4n) is 3.87. The summed E-state index contributed by atoms with van der Waals surface area (Å²) in [6, 6.07) is 23.8. The molecule has 2 atom stereocenters. The molecule has 25 heavy (non-hydrogen) atoms. The summed E-state index contributed by atoms with van der Waals surface area (Å²) in [7, 11) is 0. The molecule has 0 amide bonds. The monoisotopic (exact) mass is 328 g/mol. The van der Waals surface area contributed by atoms with Gasteiger partial charge >= 0.3 is 0 Å². The Bertz CT molecular complexity index is 1050. The Morgan fingerprint density at radius 3 is 1.52 bits per heavy atom. The van der Waals surface area contributed by atoms with Gasteiger partial charge in [0.25, 0.3) is 0 Å². The number of ether oxygens (including phenoxy) is 2. The quantitative estimate of drug-likeness (QED) is 0.401. The van der Waals surface area contributed by atoms with Gasteiger partial charge in [-0.05, 0) is 52.2 Å². The number of benzene rings is 4. The minimum absolute atomic E-state index is 0.119. The fraction of sp³-hybridized carbons (Fsp3) is 0.217. The van der Waals surface area contributed by atoms with Crippen LogP contribution in [0.3, 0.4) is 0 Å². The molecule has 0 saturated carbocycles. The largest absolute Gasteiger partial charge is 0.343 e. The SMILES string of the molecule is C[C@@H]1OC(c2ccc3c4ccccc4c4ccccc4c3c2)O[C@H]1C. The van der Waals surface area contributed by atoms with Gasteiger partial charge in [0.2, 0.25) is 0 Å². The van der Waals surface area contributed by atoms with E-state index in [1.807, 2.05) is 0 Å². The first kappa shape index (κ1) is 14.9. The summed E-state index contributed by atoms with van der Waals surface area (Å²) in [5, 5.41) is 7.69. The summed E-state index contributed by atoms with van der Waals surface area (Å²) in [5.41, 5.74) is 1.09. The first-order valence-corrected chi connectivity index (χ1v) is 8.86. The van der Waals surface area contributed by atoms with Gasteiger partial charge in [-0.3, -0.25) is 0 Å².